The van der Waals surface area contributed by atoms with Gasteiger partial charge in [0.05, 0.1) is 5.54 Å². The van der Waals surface area contributed by atoms with Gasteiger partial charge in [-0.2, -0.15) is 0 Å². The summed E-state index contributed by atoms with van der Waals surface area (Å²) < 4.78 is 1.09. The fourth-order valence-electron chi connectivity index (χ4n) is 2.83. The zero-order chi connectivity index (χ0) is 14.8. The summed E-state index contributed by atoms with van der Waals surface area (Å²) in [4.78, 5) is 14.3. The fraction of sp³-hybridized carbons (Fsp3) is 0.562. The van der Waals surface area contributed by atoms with E-state index in [0.717, 1.165) is 30.3 Å². The molecule has 2 N–H and O–H groups in total. The topological polar surface area (TPSA) is 46.3 Å². The van der Waals surface area contributed by atoms with Crippen molar-refractivity contribution >= 4 is 21.8 Å². The van der Waals surface area contributed by atoms with Gasteiger partial charge in [-0.25, -0.2) is 0 Å². The van der Waals surface area contributed by atoms with Crippen molar-refractivity contribution < 1.29 is 4.79 Å². The van der Waals surface area contributed by atoms with Crippen molar-refractivity contribution in [2.75, 3.05) is 6.54 Å². The van der Waals surface area contributed by atoms with Crippen molar-refractivity contribution in [2.45, 2.75) is 51.1 Å². The fourth-order valence-corrected chi connectivity index (χ4v) is 3.27. The van der Waals surface area contributed by atoms with E-state index in [4.69, 9.17) is 5.73 Å². The summed E-state index contributed by atoms with van der Waals surface area (Å²) in [5, 5.41) is 0. The first-order chi connectivity index (χ1) is 9.41. The third-order valence-corrected chi connectivity index (χ3v) is 4.81. The molecule has 110 valence electrons. The molecule has 0 aromatic heterocycles. The van der Waals surface area contributed by atoms with E-state index in [0.29, 0.717) is 6.42 Å². The molecule has 2 rings (SSSR count). The molecule has 1 unspecified atom stereocenters. The first-order valence-corrected chi connectivity index (χ1v) is 8.01. The number of amides is 1. The molecule has 0 aliphatic carbocycles. The van der Waals surface area contributed by atoms with Crippen LogP contribution in [0.15, 0.2) is 28.7 Å². The first-order valence-electron chi connectivity index (χ1n) is 7.22. The van der Waals surface area contributed by atoms with Crippen LogP contribution in [0.2, 0.25) is 0 Å². The van der Waals surface area contributed by atoms with Gasteiger partial charge in [-0.3, -0.25) is 4.79 Å². The highest BCUT2D eigenvalue weighted by Gasteiger charge is 2.41. The minimum Gasteiger partial charge on any atom is -0.336 e. The van der Waals surface area contributed by atoms with Gasteiger partial charge in [0.2, 0.25) is 5.91 Å². The second-order valence-corrected chi connectivity index (χ2v) is 6.99. The average Bonchev–Trinajstić information content (AvgIpc) is 2.64. The average molecular weight is 339 g/mol. The van der Waals surface area contributed by atoms with Crippen LogP contribution in [0.1, 0.15) is 38.7 Å². The maximum atomic E-state index is 12.3. The molecule has 0 radical (unpaired) electrons. The minimum absolute atomic E-state index is 0.0940. The number of likely N-dealkylation sites (tertiary alicyclic amines) is 1. The molecule has 0 bridgehead atoms. The predicted octanol–water partition coefficient (Wildman–Crippen LogP) is 3.11. The molecule has 1 heterocycles. The zero-order valence-electron chi connectivity index (χ0n) is 12.2. The van der Waals surface area contributed by atoms with Crippen molar-refractivity contribution in [2.24, 2.45) is 5.73 Å². The zero-order valence-corrected chi connectivity index (χ0v) is 13.8. The molecule has 20 heavy (non-hydrogen) atoms. The van der Waals surface area contributed by atoms with Crippen molar-refractivity contribution in [3.63, 3.8) is 0 Å². The summed E-state index contributed by atoms with van der Waals surface area (Å²) >= 11 is 3.47. The van der Waals surface area contributed by atoms with Crippen LogP contribution in [0.3, 0.4) is 0 Å². The molecule has 1 aromatic rings. The number of carbonyl (C=O) groups is 1. The van der Waals surface area contributed by atoms with Gasteiger partial charge in [-0.15, -0.1) is 0 Å². The molecule has 0 spiro atoms. The van der Waals surface area contributed by atoms with E-state index in [1.54, 1.807) is 0 Å². The van der Waals surface area contributed by atoms with Crippen LogP contribution >= 0.6 is 15.9 Å². The maximum Gasteiger partial charge on any atom is 0.223 e. The summed E-state index contributed by atoms with van der Waals surface area (Å²) in [5.41, 5.74) is 7.14. The molecule has 0 saturated carbocycles. The standard InChI is InChI=1S/C16H23BrN2O/c1-16(2)14(18)9-10-19(16)15(20)8-4-6-12-5-3-7-13(17)11-12/h3,5,7,11,14H,4,6,8-10,18H2,1-2H3. The third kappa shape index (κ3) is 3.41. The van der Waals surface area contributed by atoms with Crippen LogP contribution in [0.5, 0.6) is 0 Å². The smallest absolute Gasteiger partial charge is 0.223 e. The highest BCUT2D eigenvalue weighted by molar-refractivity contribution is 9.10. The number of rotatable bonds is 4. The van der Waals surface area contributed by atoms with E-state index >= 15 is 0 Å². The monoisotopic (exact) mass is 338 g/mol. The Morgan fingerprint density at radius 2 is 2.25 bits per heavy atom. The molecule has 3 nitrogen and oxygen atoms in total. The van der Waals surface area contributed by atoms with Gasteiger partial charge in [0.25, 0.3) is 0 Å². The van der Waals surface area contributed by atoms with Gasteiger partial charge < -0.3 is 10.6 Å². The maximum absolute atomic E-state index is 12.3. The van der Waals surface area contributed by atoms with Crippen LogP contribution in [0, 0.1) is 0 Å². The molecule has 1 aliphatic heterocycles. The Balaban J connectivity index is 1.84. The quantitative estimate of drug-likeness (QED) is 0.916. The van der Waals surface area contributed by atoms with Crippen LogP contribution in [0.4, 0.5) is 0 Å². The first kappa shape index (κ1) is 15.5. The molecular formula is C16H23BrN2O. The number of hydrogen-bond acceptors (Lipinski definition) is 2. The van der Waals surface area contributed by atoms with E-state index in [1.165, 1.54) is 5.56 Å². The number of nitrogens with two attached hydrogens (primary N) is 1. The van der Waals surface area contributed by atoms with Gasteiger partial charge in [0.15, 0.2) is 0 Å². The van der Waals surface area contributed by atoms with Gasteiger partial charge in [0, 0.05) is 23.5 Å². The van der Waals surface area contributed by atoms with E-state index in [2.05, 4.69) is 41.9 Å². The normalized spacial score (nSPS) is 21.2. The Morgan fingerprint density at radius 3 is 2.85 bits per heavy atom. The Kier molecular flexibility index (Phi) is 4.86. The number of aryl methyl sites for hydroxylation is 1. The number of halogens is 1. The molecular weight excluding hydrogens is 316 g/mol. The summed E-state index contributed by atoms with van der Waals surface area (Å²) in [7, 11) is 0. The predicted molar refractivity (Wildman–Crippen MR) is 85.5 cm³/mol. The number of hydrogen-bond donors (Lipinski definition) is 1. The molecule has 1 fully saturated rings. The van der Waals surface area contributed by atoms with Crippen LogP contribution in [-0.2, 0) is 11.2 Å². The van der Waals surface area contributed by atoms with Crippen LogP contribution in [-0.4, -0.2) is 28.9 Å². The molecule has 4 heteroatoms. The lowest BCUT2D eigenvalue weighted by atomic mass is 9.96. The molecule has 1 aromatic carbocycles. The van der Waals surface area contributed by atoms with E-state index in [-0.39, 0.29) is 17.5 Å². The van der Waals surface area contributed by atoms with Crippen molar-refractivity contribution in [3.05, 3.63) is 34.3 Å². The lowest BCUT2D eigenvalue weighted by molar-refractivity contribution is -0.134. The minimum atomic E-state index is -0.202. The SMILES string of the molecule is CC1(C)C(N)CCN1C(=O)CCCc1cccc(Br)c1. The van der Waals surface area contributed by atoms with Crippen molar-refractivity contribution in [1.29, 1.82) is 0 Å². The van der Waals surface area contributed by atoms with Gasteiger partial charge in [-0.1, -0.05) is 28.1 Å². The van der Waals surface area contributed by atoms with Gasteiger partial charge in [-0.05, 0) is 50.8 Å². The van der Waals surface area contributed by atoms with Crippen LogP contribution < -0.4 is 5.73 Å². The van der Waals surface area contributed by atoms with E-state index < -0.39 is 0 Å². The lowest BCUT2D eigenvalue weighted by Crippen LogP contribution is -2.51. The number of carbonyl (C=O) groups excluding carboxylic acids is 1. The largest absolute Gasteiger partial charge is 0.336 e. The lowest BCUT2D eigenvalue weighted by Gasteiger charge is -2.34. The molecule has 1 amide bonds. The van der Waals surface area contributed by atoms with Crippen LogP contribution in [0.25, 0.3) is 0 Å². The van der Waals surface area contributed by atoms with Crippen molar-refractivity contribution in [3.8, 4) is 0 Å². The number of benzene rings is 1. The summed E-state index contributed by atoms with van der Waals surface area (Å²) in [6.45, 7) is 4.93. The van der Waals surface area contributed by atoms with Gasteiger partial charge in [0.1, 0.15) is 0 Å². The Morgan fingerprint density at radius 1 is 1.50 bits per heavy atom. The molecule has 1 atom stereocenters. The number of nitrogens with zero attached hydrogens (tertiary/aromatic N) is 1. The Hall–Kier alpha value is -0.870. The third-order valence-electron chi connectivity index (χ3n) is 4.31. The highest BCUT2D eigenvalue weighted by atomic mass is 79.9. The van der Waals surface area contributed by atoms with E-state index in [9.17, 15) is 4.79 Å². The summed E-state index contributed by atoms with van der Waals surface area (Å²) in [5.74, 6) is 0.234. The molecule has 1 saturated heterocycles. The Labute approximate surface area is 129 Å². The highest BCUT2D eigenvalue weighted by Crippen LogP contribution is 2.28. The Bertz CT molecular complexity index is 487. The summed E-state index contributed by atoms with van der Waals surface area (Å²) in [6, 6.07) is 8.36. The van der Waals surface area contributed by atoms with Gasteiger partial charge >= 0.3 is 0 Å². The summed E-state index contributed by atoms with van der Waals surface area (Å²) in [6.07, 6.45) is 3.33. The molecule has 1 aliphatic rings. The van der Waals surface area contributed by atoms with E-state index in [1.807, 2.05) is 17.0 Å². The second kappa shape index (κ2) is 6.27. The second-order valence-electron chi connectivity index (χ2n) is 6.08. The van der Waals surface area contributed by atoms with Crippen molar-refractivity contribution in [1.82, 2.24) is 4.90 Å².